The van der Waals surface area contributed by atoms with Gasteiger partial charge in [0.1, 0.15) is 6.26 Å². The van der Waals surface area contributed by atoms with Gasteiger partial charge >= 0.3 is 5.97 Å². The van der Waals surface area contributed by atoms with Crippen LogP contribution in [-0.2, 0) is 11.2 Å². The van der Waals surface area contributed by atoms with Crippen LogP contribution in [0.3, 0.4) is 0 Å². The van der Waals surface area contributed by atoms with Crippen LogP contribution in [0.5, 0.6) is 0 Å². The first kappa shape index (κ1) is 13.3. The maximum Gasteiger partial charge on any atom is 0.309 e. The van der Waals surface area contributed by atoms with E-state index in [1.54, 1.807) is 0 Å². The van der Waals surface area contributed by atoms with Crippen molar-refractivity contribution in [2.45, 2.75) is 32.6 Å². The van der Waals surface area contributed by atoms with Crippen molar-refractivity contribution in [2.24, 2.45) is 0 Å². The van der Waals surface area contributed by atoms with Gasteiger partial charge in [0.15, 0.2) is 0 Å². The summed E-state index contributed by atoms with van der Waals surface area (Å²) in [7, 11) is 0. The second kappa shape index (κ2) is 5.69. The summed E-state index contributed by atoms with van der Waals surface area (Å²) in [4.78, 5) is 14.8. The third-order valence-electron chi connectivity index (χ3n) is 3.22. The van der Waals surface area contributed by atoms with Crippen molar-refractivity contribution in [3.63, 3.8) is 0 Å². The molecule has 0 aliphatic carbocycles. The molecule has 2 aromatic rings. The zero-order valence-corrected chi connectivity index (χ0v) is 11.1. The Bertz CT molecular complexity index is 557. The Hall–Kier alpha value is -2.10. The van der Waals surface area contributed by atoms with Crippen molar-refractivity contribution < 1.29 is 14.3 Å². The van der Waals surface area contributed by atoms with Gasteiger partial charge < -0.3 is 9.52 Å². The van der Waals surface area contributed by atoms with Crippen molar-refractivity contribution in [3.05, 3.63) is 41.8 Å². The molecule has 0 spiro atoms. The number of hydrogen-bond donors (Lipinski definition) is 1. The second-order valence-electron chi connectivity index (χ2n) is 4.65. The number of benzene rings is 1. The van der Waals surface area contributed by atoms with E-state index in [0.717, 1.165) is 12.0 Å². The van der Waals surface area contributed by atoms with Gasteiger partial charge in [-0.15, -0.1) is 0 Å². The normalized spacial score (nSPS) is 12.3. The van der Waals surface area contributed by atoms with Crippen LogP contribution in [0.15, 0.2) is 34.9 Å². The number of oxazole rings is 1. The number of nitrogens with zero attached hydrogens (tertiary/aromatic N) is 1. The maximum atomic E-state index is 10.6. The van der Waals surface area contributed by atoms with Crippen LogP contribution in [0.1, 0.15) is 37.4 Å². The molecule has 0 saturated carbocycles. The summed E-state index contributed by atoms with van der Waals surface area (Å²) in [5.41, 5.74) is 2.58. The summed E-state index contributed by atoms with van der Waals surface area (Å²) in [6.07, 6.45) is 2.38. The fourth-order valence-corrected chi connectivity index (χ4v) is 1.87. The second-order valence-corrected chi connectivity index (χ2v) is 4.65. The van der Waals surface area contributed by atoms with Crippen LogP contribution in [0.25, 0.3) is 11.5 Å². The van der Waals surface area contributed by atoms with E-state index in [4.69, 9.17) is 9.52 Å². The van der Waals surface area contributed by atoms with Crippen molar-refractivity contribution >= 4 is 5.97 Å². The minimum Gasteiger partial charge on any atom is -0.481 e. The van der Waals surface area contributed by atoms with Crippen LogP contribution in [0.2, 0.25) is 0 Å². The molecule has 0 saturated heterocycles. The first-order chi connectivity index (χ1) is 9.10. The maximum absolute atomic E-state index is 10.6. The topological polar surface area (TPSA) is 63.3 Å². The molecule has 1 atom stereocenters. The zero-order chi connectivity index (χ0) is 13.8. The minimum atomic E-state index is -0.910. The molecule has 0 aliphatic rings. The minimum absolute atomic E-state index is 0.117. The molecule has 4 heteroatoms. The molecule has 0 fully saturated rings. The lowest BCUT2D eigenvalue weighted by atomic mass is 9.98. The van der Waals surface area contributed by atoms with Gasteiger partial charge in [-0.1, -0.05) is 26.0 Å². The highest BCUT2D eigenvalue weighted by molar-refractivity contribution is 5.69. The Morgan fingerprint density at radius 1 is 1.37 bits per heavy atom. The number of aromatic nitrogens is 1. The van der Waals surface area contributed by atoms with Gasteiger partial charge in [0, 0.05) is 5.56 Å². The Kier molecular flexibility index (Phi) is 4.00. The molecule has 0 bridgehead atoms. The number of carboxylic acid groups (broad SMARTS) is 1. The van der Waals surface area contributed by atoms with E-state index in [0.29, 0.717) is 17.5 Å². The predicted molar refractivity (Wildman–Crippen MR) is 72.0 cm³/mol. The molecule has 100 valence electrons. The van der Waals surface area contributed by atoms with Gasteiger partial charge in [0.25, 0.3) is 0 Å². The highest BCUT2D eigenvalue weighted by Crippen LogP contribution is 2.23. The number of rotatable bonds is 5. The molecular weight excluding hydrogens is 242 g/mol. The van der Waals surface area contributed by atoms with Gasteiger partial charge in [-0.25, -0.2) is 4.98 Å². The highest BCUT2D eigenvalue weighted by atomic mass is 16.4. The van der Waals surface area contributed by atoms with Crippen LogP contribution in [0, 0.1) is 0 Å². The van der Waals surface area contributed by atoms with E-state index in [1.807, 2.05) is 12.1 Å². The van der Waals surface area contributed by atoms with Crippen molar-refractivity contribution in [1.82, 2.24) is 4.98 Å². The largest absolute Gasteiger partial charge is 0.481 e. The average Bonchev–Trinajstić information content (AvgIpc) is 2.85. The molecule has 4 nitrogen and oxygen atoms in total. The average molecular weight is 259 g/mol. The van der Waals surface area contributed by atoms with E-state index in [9.17, 15) is 4.79 Å². The molecule has 1 aromatic carbocycles. The number of carbonyl (C=O) groups is 1. The van der Waals surface area contributed by atoms with E-state index in [2.05, 4.69) is 31.0 Å². The lowest BCUT2D eigenvalue weighted by Crippen LogP contribution is -1.99. The summed E-state index contributed by atoms with van der Waals surface area (Å²) < 4.78 is 5.30. The highest BCUT2D eigenvalue weighted by Gasteiger charge is 2.10. The first-order valence-electron chi connectivity index (χ1n) is 6.36. The Morgan fingerprint density at radius 3 is 2.63 bits per heavy atom. The van der Waals surface area contributed by atoms with E-state index in [-0.39, 0.29) is 6.42 Å². The molecule has 1 heterocycles. The van der Waals surface area contributed by atoms with Gasteiger partial charge in [-0.05, 0) is 30.0 Å². The lowest BCUT2D eigenvalue weighted by molar-refractivity contribution is -0.136. The summed E-state index contributed by atoms with van der Waals surface area (Å²) in [6, 6.07) is 8.03. The molecule has 19 heavy (non-hydrogen) atoms. The number of hydrogen-bond acceptors (Lipinski definition) is 3. The summed E-state index contributed by atoms with van der Waals surface area (Å²) in [6.45, 7) is 4.34. The summed E-state index contributed by atoms with van der Waals surface area (Å²) in [5, 5.41) is 8.69. The molecule has 1 N–H and O–H groups in total. The van der Waals surface area contributed by atoms with Gasteiger partial charge in [-0.3, -0.25) is 4.79 Å². The first-order valence-corrected chi connectivity index (χ1v) is 6.36. The van der Waals surface area contributed by atoms with Crippen molar-refractivity contribution in [2.75, 3.05) is 0 Å². The molecule has 1 unspecified atom stereocenters. The van der Waals surface area contributed by atoms with E-state index < -0.39 is 5.97 Å². The number of carboxylic acids is 1. The number of aliphatic carboxylic acids is 1. The Labute approximate surface area is 112 Å². The van der Waals surface area contributed by atoms with Crippen LogP contribution in [-0.4, -0.2) is 16.1 Å². The fraction of sp³-hybridized carbons (Fsp3) is 0.333. The van der Waals surface area contributed by atoms with Crippen molar-refractivity contribution in [3.8, 4) is 11.5 Å². The van der Waals surface area contributed by atoms with Gasteiger partial charge in [-0.2, -0.15) is 0 Å². The van der Waals surface area contributed by atoms with E-state index >= 15 is 0 Å². The molecule has 2 rings (SSSR count). The molecule has 0 aliphatic heterocycles. The smallest absolute Gasteiger partial charge is 0.309 e. The standard InChI is InChI=1S/C15H17NO3/c1-3-10(2)11-4-6-12(7-5-11)15-16-13(9-19-15)8-14(17)18/h4-7,9-10H,3,8H2,1-2H3,(H,17,18). The zero-order valence-electron chi connectivity index (χ0n) is 11.1. The van der Waals surface area contributed by atoms with Gasteiger partial charge in [0.2, 0.25) is 5.89 Å². The van der Waals surface area contributed by atoms with Crippen LogP contribution in [0.4, 0.5) is 0 Å². The lowest BCUT2D eigenvalue weighted by Gasteiger charge is -2.08. The van der Waals surface area contributed by atoms with Crippen LogP contribution < -0.4 is 0 Å². The molecule has 0 amide bonds. The third kappa shape index (κ3) is 3.22. The summed E-state index contributed by atoms with van der Waals surface area (Å²) in [5.74, 6) is 0.0834. The van der Waals surface area contributed by atoms with Crippen LogP contribution >= 0.6 is 0 Å². The van der Waals surface area contributed by atoms with E-state index in [1.165, 1.54) is 11.8 Å². The Morgan fingerprint density at radius 2 is 2.05 bits per heavy atom. The fourth-order valence-electron chi connectivity index (χ4n) is 1.87. The molecular formula is C15H17NO3. The molecule has 0 radical (unpaired) electrons. The Balaban J connectivity index is 2.18. The SMILES string of the molecule is CCC(C)c1ccc(-c2nc(CC(=O)O)co2)cc1. The third-order valence-corrected chi connectivity index (χ3v) is 3.22. The van der Waals surface area contributed by atoms with Crippen molar-refractivity contribution in [1.29, 1.82) is 0 Å². The predicted octanol–water partition coefficient (Wildman–Crippen LogP) is 3.48. The quantitative estimate of drug-likeness (QED) is 0.892. The van der Waals surface area contributed by atoms with Gasteiger partial charge in [0.05, 0.1) is 12.1 Å². The monoisotopic (exact) mass is 259 g/mol. The summed E-state index contributed by atoms with van der Waals surface area (Å²) >= 11 is 0. The molecule has 1 aromatic heterocycles.